The van der Waals surface area contributed by atoms with Gasteiger partial charge in [0.2, 0.25) is 6.54 Å². The molecular weight excluding hydrogens is 358 g/mol. The van der Waals surface area contributed by atoms with Crippen LogP contribution in [-0.4, -0.2) is 26.1 Å². The first-order valence-electron chi connectivity index (χ1n) is 9.48. The summed E-state index contributed by atoms with van der Waals surface area (Å²) in [7, 11) is 1.97. The molecule has 0 atom stereocenters. The first kappa shape index (κ1) is 18.6. The second kappa shape index (κ2) is 8.07. The first-order valence-corrected chi connectivity index (χ1v) is 9.48. The highest BCUT2D eigenvalue weighted by atomic mass is 15.0. The van der Waals surface area contributed by atoms with Crippen LogP contribution < -0.4 is 0 Å². The van der Waals surface area contributed by atoms with Gasteiger partial charge in [0, 0.05) is 31.2 Å². The number of rotatable bonds is 5. The van der Waals surface area contributed by atoms with Gasteiger partial charge in [0.05, 0.1) is 29.4 Å². The van der Waals surface area contributed by atoms with Crippen LogP contribution in [0.25, 0.3) is 39.3 Å². The summed E-state index contributed by atoms with van der Waals surface area (Å²) in [6.07, 6.45) is 12.1. The maximum atomic E-state index is 7.10. The van der Waals surface area contributed by atoms with Crippen LogP contribution in [0, 0.1) is 13.5 Å². The number of hydrogen-bond donors (Lipinski definition) is 0. The van der Waals surface area contributed by atoms with Gasteiger partial charge in [-0.2, -0.15) is 0 Å². The number of aromatic nitrogens is 4. The average Bonchev–Trinajstić information content (AvgIpc) is 3.17. The molecule has 4 rings (SSSR count). The van der Waals surface area contributed by atoms with E-state index in [0.717, 1.165) is 45.4 Å². The Kier molecular flexibility index (Phi) is 5.17. The fourth-order valence-corrected chi connectivity index (χ4v) is 3.43. The van der Waals surface area contributed by atoms with Crippen molar-refractivity contribution in [3.8, 4) is 11.4 Å². The molecule has 0 amide bonds. The second-order valence-electron chi connectivity index (χ2n) is 7.03. The van der Waals surface area contributed by atoms with Gasteiger partial charge in [-0.1, -0.05) is 18.2 Å². The molecule has 0 aliphatic heterocycles. The van der Waals surface area contributed by atoms with Gasteiger partial charge in [0.25, 0.3) is 0 Å². The Morgan fingerprint density at radius 3 is 2.76 bits per heavy atom. The summed E-state index contributed by atoms with van der Waals surface area (Å²) < 4.78 is 1.97. The second-order valence-corrected chi connectivity index (χ2v) is 7.03. The third-order valence-corrected chi connectivity index (χ3v) is 5.01. The number of benzene rings is 1. The van der Waals surface area contributed by atoms with Gasteiger partial charge < -0.3 is 9.41 Å². The highest BCUT2D eigenvalue weighted by molar-refractivity contribution is 5.93. The monoisotopic (exact) mass is 379 g/mol. The third-order valence-electron chi connectivity index (χ3n) is 5.01. The molecule has 5 nitrogen and oxygen atoms in total. The van der Waals surface area contributed by atoms with Crippen molar-refractivity contribution in [3.05, 3.63) is 88.9 Å². The molecule has 0 fully saturated rings. The van der Waals surface area contributed by atoms with Crippen LogP contribution in [0.1, 0.15) is 22.3 Å². The summed E-state index contributed by atoms with van der Waals surface area (Å²) in [5.41, 5.74) is 7.28. The molecule has 1 aromatic carbocycles. The van der Waals surface area contributed by atoms with Crippen molar-refractivity contribution in [1.82, 2.24) is 19.5 Å². The van der Waals surface area contributed by atoms with E-state index in [1.54, 1.807) is 12.5 Å². The predicted octanol–water partition coefficient (Wildman–Crippen LogP) is 4.97. The molecule has 29 heavy (non-hydrogen) atoms. The Morgan fingerprint density at radius 2 is 2.03 bits per heavy atom. The van der Waals surface area contributed by atoms with E-state index in [1.807, 2.05) is 36.1 Å². The zero-order valence-electron chi connectivity index (χ0n) is 16.5. The van der Waals surface area contributed by atoms with E-state index in [2.05, 4.69) is 52.1 Å². The molecule has 4 aromatic rings. The summed E-state index contributed by atoms with van der Waals surface area (Å²) in [4.78, 5) is 16.8. The van der Waals surface area contributed by atoms with Gasteiger partial charge in [-0.05, 0) is 53.4 Å². The normalized spacial score (nSPS) is 11.2. The first-order chi connectivity index (χ1) is 14.2. The highest BCUT2D eigenvalue weighted by Crippen LogP contribution is 2.28. The zero-order chi connectivity index (χ0) is 20.2. The van der Waals surface area contributed by atoms with Gasteiger partial charge in [-0.3, -0.25) is 4.98 Å². The Hall–Kier alpha value is -3.78. The minimum absolute atomic E-state index is 0.494. The minimum Gasteiger partial charge on any atom is -0.332 e. The molecule has 0 aliphatic rings. The van der Waals surface area contributed by atoms with E-state index in [0.29, 0.717) is 6.54 Å². The summed E-state index contributed by atoms with van der Waals surface area (Å²) in [6.45, 7) is 9.68. The van der Waals surface area contributed by atoms with Crippen LogP contribution in [0.4, 0.5) is 0 Å². The zero-order valence-corrected chi connectivity index (χ0v) is 16.5. The van der Waals surface area contributed by atoms with Crippen LogP contribution in [0.15, 0.2) is 55.2 Å². The van der Waals surface area contributed by atoms with Crippen molar-refractivity contribution in [2.24, 2.45) is 7.05 Å². The summed E-state index contributed by atoms with van der Waals surface area (Å²) >= 11 is 0. The summed E-state index contributed by atoms with van der Waals surface area (Å²) in [5, 5.41) is 1.08. The fraction of sp³-hybridized carbons (Fsp3) is 0.167. The molecule has 0 aliphatic carbocycles. The number of aryl methyl sites for hydroxylation is 2. The topological polar surface area (TPSA) is 48.0 Å². The predicted molar refractivity (Wildman–Crippen MR) is 117 cm³/mol. The van der Waals surface area contributed by atoms with E-state index in [-0.39, 0.29) is 0 Å². The van der Waals surface area contributed by atoms with E-state index in [4.69, 9.17) is 11.6 Å². The third kappa shape index (κ3) is 3.92. The lowest BCUT2D eigenvalue weighted by Gasteiger charge is -2.11. The molecule has 0 saturated carbocycles. The number of nitrogens with zero attached hydrogens (tertiary/aromatic N) is 5. The quantitative estimate of drug-likeness (QED) is 0.460. The Morgan fingerprint density at radius 1 is 1.14 bits per heavy atom. The molecule has 0 bridgehead atoms. The van der Waals surface area contributed by atoms with E-state index in [1.165, 1.54) is 5.56 Å². The number of pyridine rings is 2. The van der Waals surface area contributed by atoms with Gasteiger partial charge in [-0.15, -0.1) is 0 Å². The van der Waals surface area contributed by atoms with Gasteiger partial charge in [0.1, 0.15) is 0 Å². The Labute approximate surface area is 170 Å². The fourth-order valence-electron chi connectivity index (χ4n) is 3.43. The lowest BCUT2D eigenvalue weighted by molar-refractivity contribution is 0.917. The Balaban J connectivity index is 1.89. The highest BCUT2D eigenvalue weighted by Gasteiger charge is 2.11. The lowest BCUT2D eigenvalue weighted by Crippen LogP contribution is -1.97. The molecule has 0 spiro atoms. The number of hydrogen-bond acceptors (Lipinski definition) is 3. The number of imidazole rings is 1. The van der Waals surface area contributed by atoms with Crippen LogP contribution in [0.2, 0.25) is 0 Å². The van der Waals surface area contributed by atoms with Crippen LogP contribution >= 0.6 is 0 Å². The molecule has 0 unspecified atom stereocenters. The summed E-state index contributed by atoms with van der Waals surface area (Å²) in [6, 6.07) is 10.4. The van der Waals surface area contributed by atoms with Crippen molar-refractivity contribution in [2.45, 2.75) is 13.3 Å². The molecule has 3 aromatic heterocycles. The van der Waals surface area contributed by atoms with Crippen molar-refractivity contribution in [1.29, 1.82) is 0 Å². The summed E-state index contributed by atoms with van der Waals surface area (Å²) in [5.74, 6) is 0. The molecule has 5 heteroatoms. The van der Waals surface area contributed by atoms with E-state index in [9.17, 15) is 0 Å². The van der Waals surface area contributed by atoms with Crippen LogP contribution in [0.5, 0.6) is 0 Å². The van der Waals surface area contributed by atoms with Gasteiger partial charge >= 0.3 is 0 Å². The van der Waals surface area contributed by atoms with E-state index < -0.39 is 0 Å². The lowest BCUT2D eigenvalue weighted by atomic mass is 9.98. The van der Waals surface area contributed by atoms with Gasteiger partial charge in [0.15, 0.2) is 0 Å². The average molecular weight is 379 g/mol. The van der Waals surface area contributed by atoms with Crippen molar-refractivity contribution in [3.63, 3.8) is 0 Å². The maximum Gasteiger partial charge on any atom is 0.218 e. The largest absolute Gasteiger partial charge is 0.332 e. The van der Waals surface area contributed by atoms with Crippen LogP contribution in [-0.2, 0) is 13.5 Å². The van der Waals surface area contributed by atoms with Crippen molar-refractivity contribution < 1.29 is 0 Å². The number of fused-ring (bicyclic) bond motifs is 1. The maximum absolute atomic E-state index is 7.10. The molecule has 0 saturated heterocycles. The molecular formula is C24H21N5. The molecule has 0 N–H and O–H groups in total. The molecule has 142 valence electrons. The van der Waals surface area contributed by atoms with E-state index >= 15 is 0 Å². The SMILES string of the molecule is [C-]#[N+]CCc1cc2c(C=Cc3cccnc3)cc(-c3cncn3C)nc2cc1C. The standard InChI is InChI=1S/C24H21N5/c1-17-11-22-21(12-19(17)8-10-25-2)20(7-6-18-5-4-9-26-14-18)13-23(28-22)24-15-27-16-29(24)3/h4-7,9,11-16H,8,10H2,1,3H3. The smallest absolute Gasteiger partial charge is 0.218 e. The van der Waals surface area contributed by atoms with Gasteiger partial charge in [-0.25, -0.2) is 16.5 Å². The van der Waals surface area contributed by atoms with Crippen LogP contribution in [0.3, 0.4) is 0 Å². The Bertz CT molecular complexity index is 1230. The molecule has 3 heterocycles. The van der Waals surface area contributed by atoms with Crippen molar-refractivity contribution >= 4 is 23.1 Å². The minimum atomic E-state index is 0.494. The molecule has 0 radical (unpaired) electrons. The van der Waals surface area contributed by atoms with Crippen molar-refractivity contribution in [2.75, 3.05) is 6.54 Å².